The molecule has 11 nitrogen and oxygen atoms in total. The number of aromatic hydroxyl groups is 1. The second-order valence-electron chi connectivity index (χ2n) is 10.9. The van der Waals surface area contributed by atoms with Gasteiger partial charge in [0.05, 0.1) is 62.0 Å². The van der Waals surface area contributed by atoms with E-state index in [1.165, 1.54) is 33.6 Å². The van der Waals surface area contributed by atoms with Crippen molar-refractivity contribution >= 4 is 29.1 Å². The number of benzene rings is 2. The number of ether oxygens (including phenoxy) is 5. The van der Waals surface area contributed by atoms with Gasteiger partial charge < -0.3 is 33.7 Å². The van der Waals surface area contributed by atoms with Crippen molar-refractivity contribution in [3.63, 3.8) is 0 Å². The largest absolute Gasteiger partial charge is 0.505 e. The number of methoxy groups -OCH3 is 1. The first-order valence-electron chi connectivity index (χ1n) is 14.4. The van der Waals surface area contributed by atoms with E-state index in [1.807, 2.05) is 19.1 Å². The summed E-state index contributed by atoms with van der Waals surface area (Å²) in [5, 5.41) is 14.4. The van der Waals surface area contributed by atoms with Gasteiger partial charge in [-0.15, -0.1) is 5.10 Å². The second-order valence-corrected chi connectivity index (χ2v) is 11.7. The molecule has 1 atom stereocenters. The first-order valence-corrected chi connectivity index (χ1v) is 15.1. The highest BCUT2D eigenvalue weighted by molar-refractivity contribution is 6.37. The fourth-order valence-electron chi connectivity index (χ4n) is 4.07. The summed E-state index contributed by atoms with van der Waals surface area (Å²) in [6.07, 6.45) is 0.590. The Labute approximate surface area is 268 Å². The first-order chi connectivity index (χ1) is 21.0. The number of halogens is 2. The van der Waals surface area contributed by atoms with Crippen LogP contribution >= 0.6 is 23.2 Å². The summed E-state index contributed by atoms with van der Waals surface area (Å²) in [6, 6.07) is 11.0. The third-order valence-corrected chi connectivity index (χ3v) is 7.11. The Bertz CT molecular complexity index is 1290. The van der Waals surface area contributed by atoms with Crippen LogP contribution in [-0.2, 0) is 35.6 Å². The van der Waals surface area contributed by atoms with Crippen LogP contribution in [0.1, 0.15) is 49.4 Å². The van der Waals surface area contributed by atoms with E-state index in [-0.39, 0.29) is 46.8 Å². The highest BCUT2D eigenvalue weighted by Gasteiger charge is 2.29. The summed E-state index contributed by atoms with van der Waals surface area (Å²) < 4.78 is 29.4. The van der Waals surface area contributed by atoms with Crippen LogP contribution in [0.4, 0.5) is 0 Å². The minimum Gasteiger partial charge on any atom is -0.505 e. The molecule has 13 heteroatoms. The van der Waals surface area contributed by atoms with Crippen LogP contribution in [0, 0.1) is 0 Å². The third-order valence-electron chi connectivity index (χ3n) is 6.54. The number of rotatable bonds is 18. The van der Waals surface area contributed by atoms with E-state index in [9.17, 15) is 9.90 Å². The van der Waals surface area contributed by atoms with Gasteiger partial charge in [0.1, 0.15) is 6.33 Å². The molecule has 0 bridgehead atoms. The Hall–Kier alpha value is -2.77. The van der Waals surface area contributed by atoms with Crippen LogP contribution in [0.15, 0.2) is 42.7 Å². The predicted molar refractivity (Wildman–Crippen MR) is 168 cm³/mol. The van der Waals surface area contributed by atoms with E-state index < -0.39 is 12.1 Å². The van der Waals surface area contributed by atoms with Gasteiger partial charge in [-0.1, -0.05) is 68.2 Å². The second kappa shape index (κ2) is 17.6. The van der Waals surface area contributed by atoms with Crippen LogP contribution in [0.3, 0.4) is 0 Å². The molecular weight excluding hydrogens is 611 g/mol. The Morgan fingerprint density at radius 1 is 0.977 bits per heavy atom. The molecule has 3 rings (SSSR count). The van der Waals surface area contributed by atoms with Crippen molar-refractivity contribution in [2.75, 3.05) is 60.0 Å². The van der Waals surface area contributed by atoms with E-state index >= 15 is 0 Å². The van der Waals surface area contributed by atoms with Gasteiger partial charge in [-0.2, -0.15) is 0 Å². The van der Waals surface area contributed by atoms with E-state index in [4.69, 9.17) is 46.9 Å². The van der Waals surface area contributed by atoms with Crippen molar-refractivity contribution in [2.24, 2.45) is 0 Å². The molecule has 0 saturated heterocycles. The Kier molecular flexibility index (Phi) is 14.3. The summed E-state index contributed by atoms with van der Waals surface area (Å²) in [7, 11) is 1.58. The number of hydrogen-bond acceptors (Lipinski definition) is 9. The molecule has 1 heterocycles. The zero-order valence-electron chi connectivity index (χ0n) is 25.9. The summed E-state index contributed by atoms with van der Waals surface area (Å²) in [6.45, 7) is 11.5. The number of aromatic nitrogens is 3. The quantitative estimate of drug-likeness (QED) is 0.145. The van der Waals surface area contributed by atoms with Gasteiger partial charge in [0.15, 0.2) is 12.0 Å². The van der Waals surface area contributed by atoms with Crippen LogP contribution in [0.25, 0.3) is 5.69 Å². The summed E-state index contributed by atoms with van der Waals surface area (Å²) in [5.74, 6) is -0.789. The minimum atomic E-state index is -0.784. The van der Waals surface area contributed by atoms with Crippen molar-refractivity contribution in [3.8, 4) is 11.4 Å². The van der Waals surface area contributed by atoms with Crippen LogP contribution in [0.5, 0.6) is 5.75 Å². The molecule has 0 aliphatic carbocycles. The highest BCUT2D eigenvalue weighted by atomic mass is 35.5. The molecule has 242 valence electrons. The van der Waals surface area contributed by atoms with Crippen molar-refractivity contribution in [3.05, 3.63) is 69.7 Å². The highest BCUT2D eigenvalue weighted by Crippen LogP contribution is 2.33. The van der Waals surface area contributed by atoms with Crippen molar-refractivity contribution in [1.82, 2.24) is 19.7 Å². The molecule has 44 heavy (non-hydrogen) atoms. The Morgan fingerprint density at radius 2 is 1.61 bits per heavy atom. The van der Waals surface area contributed by atoms with Gasteiger partial charge in [0.25, 0.3) is 5.91 Å². The number of carbonyl (C=O) groups excluding carboxylic acids is 1. The molecule has 1 amide bonds. The third kappa shape index (κ3) is 10.7. The van der Waals surface area contributed by atoms with Crippen LogP contribution in [0.2, 0.25) is 10.0 Å². The van der Waals surface area contributed by atoms with Crippen LogP contribution in [-0.4, -0.2) is 96.9 Å². The topological polar surface area (TPSA) is 117 Å². The lowest BCUT2D eigenvalue weighted by Crippen LogP contribution is -2.45. The standard InChI is InChI=1S/C31H42Cl2N4O7/c1-6-41-12-13-42-14-15-43-20-27(44-16-11-40-5)36(19-22-7-9-23(10-8-22)31(2,3)4)30(39)29-34-21-37(35-29)24-17-25(32)28(38)26(33)18-24/h7-10,17-18,21,27,38H,6,11-16,19-20H2,1-5H3. The summed E-state index contributed by atoms with van der Waals surface area (Å²) in [4.78, 5) is 19.8. The Balaban J connectivity index is 1.85. The maximum atomic E-state index is 14.0. The lowest BCUT2D eigenvalue weighted by molar-refractivity contribution is -0.105. The molecule has 0 fully saturated rings. The SMILES string of the molecule is CCOCCOCCOCC(OCCOC)N(Cc1ccc(C(C)(C)C)cc1)C(=O)c1ncn(-c2cc(Cl)c(O)c(Cl)c2)n1. The average Bonchev–Trinajstić information content (AvgIpc) is 3.49. The fraction of sp³-hybridized carbons (Fsp3) is 0.516. The maximum absolute atomic E-state index is 14.0. The van der Waals surface area contributed by atoms with E-state index in [2.05, 4.69) is 43.0 Å². The molecule has 0 radical (unpaired) electrons. The van der Waals surface area contributed by atoms with Gasteiger partial charge in [-0.05, 0) is 35.6 Å². The molecule has 2 aromatic carbocycles. The van der Waals surface area contributed by atoms with Gasteiger partial charge in [0, 0.05) is 20.3 Å². The van der Waals surface area contributed by atoms with E-state index in [0.717, 1.165) is 5.56 Å². The molecule has 1 unspecified atom stereocenters. The van der Waals surface area contributed by atoms with Gasteiger partial charge in [-0.3, -0.25) is 4.79 Å². The molecule has 0 aliphatic heterocycles. The molecule has 1 N–H and O–H groups in total. The lowest BCUT2D eigenvalue weighted by Gasteiger charge is -2.31. The number of phenols is 1. The number of carbonyl (C=O) groups is 1. The summed E-state index contributed by atoms with van der Waals surface area (Å²) >= 11 is 12.2. The monoisotopic (exact) mass is 652 g/mol. The van der Waals surface area contributed by atoms with Gasteiger partial charge >= 0.3 is 0 Å². The normalized spacial score (nSPS) is 12.4. The summed E-state index contributed by atoms with van der Waals surface area (Å²) in [5.41, 5.74) is 2.47. The molecule has 0 aliphatic rings. The van der Waals surface area contributed by atoms with Crippen molar-refractivity contribution in [1.29, 1.82) is 0 Å². The zero-order chi connectivity index (χ0) is 32.1. The fourth-order valence-corrected chi connectivity index (χ4v) is 4.55. The molecule has 0 spiro atoms. The van der Waals surface area contributed by atoms with E-state index in [1.54, 1.807) is 7.11 Å². The smallest absolute Gasteiger partial charge is 0.295 e. The Morgan fingerprint density at radius 3 is 2.23 bits per heavy atom. The number of amides is 1. The zero-order valence-corrected chi connectivity index (χ0v) is 27.4. The van der Waals surface area contributed by atoms with Crippen LogP contribution < -0.4 is 0 Å². The maximum Gasteiger partial charge on any atom is 0.295 e. The predicted octanol–water partition coefficient (Wildman–Crippen LogP) is 5.28. The molecule has 3 aromatic rings. The van der Waals surface area contributed by atoms with E-state index in [0.29, 0.717) is 45.3 Å². The van der Waals surface area contributed by atoms with Crippen molar-refractivity contribution < 1.29 is 33.6 Å². The molecular formula is C31H42Cl2N4O7. The number of phenolic OH excluding ortho intramolecular Hbond substituents is 1. The number of hydrogen-bond donors (Lipinski definition) is 1. The minimum absolute atomic E-state index is 0.0187. The average molecular weight is 654 g/mol. The van der Waals surface area contributed by atoms with Gasteiger partial charge in [0.2, 0.25) is 5.82 Å². The number of nitrogens with zero attached hydrogens (tertiary/aromatic N) is 4. The lowest BCUT2D eigenvalue weighted by atomic mass is 9.87. The molecule has 1 aromatic heterocycles. The first kappa shape index (κ1) is 35.7. The van der Waals surface area contributed by atoms with Gasteiger partial charge in [-0.25, -0.2) is 9.67 Å². The molecule has 0 saturated carbocycles. The van der Waals surface area contributed by atoms with Crippen molar-refractivity contribution in [2.45, 2.75) is 45.9 Å².